The number of carbonyl (C=O) groups excluding carboxylic acids is 2. The Balaban J connectivity index is 2.56. The van der Waals surface area contributed by atoms with Crippen LogP contribution in [0.25, 0.3) is 0 Å². The molecule has 0 bridgehead atoms. The topological polar surface area (TPSA) is 43.4 Å². The third-order valence-electron chi connectivity index (χ3n) is 1.74. The maximum Gasteiger partial charge on any atom is 0.306 e. The van der Waals surface area contributed by atoms with Crippen LogP contribution >= 0.6 is 0 Å². The minimum atomic E-state index is -0.283. The highest BCUT2D eigenvalue weighted by Gasteiger charge is 2.33. The Hall–Kier alpha value is -1.12. The van der Waals surface area contributed by atoms with Crippen LogP contribution < -0.4 is 0 Å². The molecular formula is C8H10O3. The van der Waals surface area contributed by atoms with Crippen molar-refractivity contribution in [3.8, 4) is 0 Å². The Morgan fingerprint density at radius 3 is 3.00 bits per heavy atom. The highest BCUT2D eigenvalue weighted by atomic mass is 16.5. The van der Waals surface area contributed by atoms with Crippen LogP contribution in [0, 0.1) is 5.92 Å². The molecule has 1 aliphatic heterocycles. The predicted octanol–water partition coefficient (Wildman–Crippen LogP) is 0.693. The summed E-state index contributed by atoms with van der Waals surface area (Å²) in [5, 5.41) is 0. The molecule has 0 N–H and O–H groups in total. The molecule has 2 atom stereocenters. The average Bonchev–Trinajstić information content (AvgIpc) is 2.32. The second kappa shape index (κ2) is 3.32. The largest absolute Gasteiger partial charge is 0.461 e. The second-order valence-electron chi connectivity index (χ2n) is 2.56. The Kier molecular flexibility index (Phi) is 2.41. The molecule has 0 spiro atoms. The number of ether oxygens (including phenoxy) is 1. The molecule has 1 saturated heterocycles. The smallest absolute Gasteiger partial charge is 0.306 e. The van der Waals surface area contributed by atoms with E-state index in [2.05, 4.69) is 6.58 Å². The molecule has 3 heteroatoms. The fraction of sp³-hybridized carbons (Fsp3) is 0.500. The summed E-state index contributed by atoms with van der Waals surface area (Å²) in [5.74, 6) is -0.547. The summed E-state index contributed by atoms with van der Waals surface area (Å²) in [5.41, 5.74) is 0. The molecule has 1 aliphatic rings. The van der Waals surface area contributed by atoms with Crippen molar-refractivity contribution >= 4 is 12.3 Å². The van der Waals surface area contributed by atoms with Crippen LogP contribution in [0.2, 0.25) is 0 Å². The van der Waals surface area contributed by atoms with Crippen LogP contribution in [0.1, 0.15) is 12.8 Å². The van der Waals surface area contributed by atoms with Crippen molar-refractivity contribution in [2.75, 3.05) is 0 Å². The lowest BCUT2D eigenvalue weighted by molar-refractivity contribution is -0.141. The third-order valence-corrected chi connectivity index (χ3v) is 1.74. The van der Waals surface area contributed by atoms with Gasteiger partial charge in [-0.2, -0.15) is 0 Å². The van der Waals surface area contributed by atoms with Crippen LogP contribution in [0.5, 0.6) is 0 Å². The average molecular weight is 154 g/mol. The first-order valence-electron chi connectivity index (χ1n) is 3.53. The van der Waals surface area contributed by atoms with E-state index in [0.717, 1.165) is 6.29 Å². The Labute approximate surface area is 65.0 Å². The molecule has 0 radical (unpaired) electrons. The molecule has 0 unspecified atom stereocenters. The predicted molar refractivity (Wildman–Crippen MR) is 38.9 cm³/mol. The van der Waals surface area contributed by atoms with Crippen molar-refractivity contribution in [3.63, 3.8) is 0 Å². The molecule has 0 aromatic heterocycles. The van der Waals surface area contributed by atoms with Crippen LogP contribution in [0.15, 0.2) is 12.7 Å². The van der Waals surface area contributed by atoms with Crippen LogP contribution in [0.4, 0.5) is 0 Å². The summed E-state index contributed by atoms with van der Waals surface area (Å²) in [6.45, 7) is 3.51. The van der Waals surface area contributed by atoms with Gasteiger partial charge in [-0.1, -0.05) is 6.08 Å². The first kappa shape index (κ1) is 7.98. The highest BCUT2D eigenvalue weighted by molar-refractivity contribution is 5.77. The monoisotopic (exact) mass is 154 g/mol. The molecule has 0 saturated carbocycles. The van der Waals surface area contributed by atoms with E-state index in [4.69, 9.17) is 4.74 Å². The summed E-state index contributed by atoms with van der Waals surface area (Å²) in [6, 6.07) is 0. The molecule has 11 heavy (non-hydrogen) atoms. The highest BCUT2D eigenvalue weighted by Crippen LogP contribution is 2.22. The molecule has 1 heterocycles. The van der Waals surface area contributed by atoms with Gasteiger partial charge in [-0.15, -0.1) is 6.58 Å². The zero-order chi connectivity index (χ0) is 8.27. The van der Waals surface area contributed by atoms with Crippen molar-refractivity contribution in [2.45, 2.75) is 18.9 Å². The van der Waals surface area contributed by atoms with Crippen molar-refractivity contribution < 1.29 is 14.3 Å². The number of hydrogen-bond acceptors (Lipinski definition) is 3. The fourth-order valence-corrected chi connectivity index (χ4v) is 1.15. The molecule has 0 aromatic carbocycles. The van der Waals surface area contributed by atoms with Crippen LogP contribution in [0.3, 0.4) is 0 Å². The maximum atomic E-state index is 10.7. The van der Waals surface area contributed by atoms with E-state index in [1.165, 1.54) is 0 Å². The number of carbonyl (C=O) groups is 2. The van der Waals surface area contributed by atoms with Crippen molar-refractivity contribution in [2.24, 2.45) is 5.92 Å². The van der Waals surface area contributed by atoms with E-state index in [-0.39, 0.29) is 24.4 Å². The van der Waals surface area contributed by atoms with Crippen molar-refractivity contribution in [3.05, 3.63) is 12.7 Å². The van der Waals surface area contributed by atoms with E-state index >= 15 is 0 Å². The van der Waals surface area contributed by atoms with E-state index in [0.29, 0.717) is 6.42 Å². The number of hydrogen-bond donors (Lipinski definition) is 0. The molecule has 1 rings (SSSR count). The van der Waals surface area contributed by atoms with Gasteiger partial charge in [0.15, 0.2) is 0 Å². The summed E-state index contributed by atoms with van der Waals surface area (Å²) in [7, 11) is 0. The number of rotatable bonds is 3. The fourth-order valence-electron chi connectivity index (χ4n) is 1.15. The lowest BCUT2D eigenvalue weighted by Gasteiger charge is -2.08. The second-order valence-corrected chi connectivity index (χ2v) is 2.56. The van der Waals surface area contributed by atoms with Gasteiger partial charge in [0.25, 0.3) is 0 Å². The number of aldehydes is 1. The lowest BCUT2D eigenvalue weighted by Crippen LogP contribution is -2.15. The molecule has 0 aliphatic carbocycles. The minimum absolute atomic E-state index is 0.224. The Morgan fingerprint density at radius 1 is 1.73 bits per heavy atom. The Morgan fingerprint density at radius 2 is 2.45 bits per heavy atom. The van der Waals surface area contributed by atoms with Gasteiger partial charge in [-0.25, -0.2) is 0 Å². The summed E-state index contributed by atoms with van der Waals surface area (Å²) < 4.78 is 4.86. The van der Waals surface area contributed by atoms with Crippen molar-refractivity contribution in [1.29, 1.82) is 0 Å². The SMILES string of the molecule is C=CC[C@@H]1OC(=O)C[C@H]1C=O. The van der Waals surface area contributed by atoms with Gasteiger partial charge in [0, 0.05) is 6.42 Å². The molecule has 0 amide bonds. The zero-order valence-electron chi connectivity index (χ0n) is 6.16. The van der Waals surface area contributed by atoms with Gasteiger partial charge in [-0.3, -0.25) is 4.79 Å². The summed E-state index contributed by atoms with van der Waals surface area (Å²) >= 11 is 0. The first-order chi connectivity index (χ1) is 5.27. The van der Waals surface area contributed by atoms with Gasteiger partial charge in [0.1, 0.15) is 12.4 Å². The Bertz CT molecular complexity index is 186. The van der Waals surface area contributed by atoms with E-state index in [1.807, 2.05) is 0 Å². The standard InChI is InChI=1S/C8H10O3/c1-2-3-7-6(5-9)4-8(10)11-7/h2,5-7H,1,3-4H2/t6-,7-/m0/s1. The maximum absolute atomic E-state index is 10.7. The normalized spacial score (nSPS) is 29.6. The van der Waals surface area contributed by atoms with Crippen LogP contribution in [-0.4, -0.2) is 18.4 Å². The van der Waals surface area contributed by atoms with Crippen LogP contribution in [-0.2, 0) is 14.3 Å². The molecule has 1 fully saturated rings. The van der Waals surface area contributed by atoms with Gasteiger partial charge >= 0.3 is 5.97 Å². The lowest BCUT2D eigenvalue weighted by atomic mass is 10.0. The molecular weight excluding hydrogens is 144 g/mol. The van der Waals surface area contributed by atoms with E-state index in [1.54, 1.807) is 6.08 Å². The van der Waals surface area contributed by atoms with Gasteiger partial charge in [0.05, 0.1) is 12.3 Å². The molecule has 0 aromatic rings. The zero-order valence-corrected chi connectivity index (χ0v) is 6.16. The molecule has 3 nitrogen and oxygen atoms in total. The quantitative estimate of drug-likeness (QED) is 0.341. The van der Waals surface area contributed by atoms with Gasteiger partial charge < -0.3 is 9.53 Å². The summed E-state index contributed by atoms with van der Waals surface area (Å²) in [4.78, 5) is 21.1. The van der Waals surface area contributed by atoms with Gasteiger partial charge in [0.2, 0.25) is 0 Å². The van der Waals surface area contributed by atoms with E-state index < -0.39 is 0 Å². The van der Waals surface area contributed by atoms with Gasteiger partial charge in [-0.05, 0) is 0 Å². The minimum Gasteiger partial charge on any atom is -0.461 e. The van der Waals surface area contributed by atoms with E-state index in [9.17, 15) is 9.59 Å². The van der Waals surface area contributed by atoms with Crippen molar-refractivity contribution in [1.82, 2.24) is 0 Å². The molecule has 60 valence electrons. The summed E-state index contributed by atoms with van der Waals surface area (Å²) in [6.07, 6.45) is 2.95. The number of esters is 1. The number of cyclic esters (lactones) is 1. The third kappa shape index (κ3) is 1.67. The first-order valence-corrected chi connectivity index (χ1v) is 3.53.